The second kappa shape index (κ2) is 5.83. The number of nitrogens with one attached hydrogen (secondary N) is 1. The van der Waals surface area contributed by atoms with Crippen LogP contribution in [0.25, 0.3) is 11.1 Å². The molecule has 4 aromatic rings. The van der Waals surface area contributed by atoms with Crippen molar-refractivity contribution < 1.29 is 4.42 Å². The molecule has 3 aromatic heterocycles. The van der Waals surface area contributed by atoms with E-state index in [1.807, 2.05) is 43.7 Å². The highest BCUT2D eigenvalue weighted by Gasteiger charge is 2.32. The Labute approximate surface area is 149 Å². The second-order valence-electron chi connectivity index (χ2n) is 6.42. The first-order chi connectivity index (χ1) is 12.7. The standard InChI is InChI=1S/C18H17N7O/c1-24-11-13(6-21-24)22-17-8-19-15(7-20-17)12-9-25(10-12)18-23-14-4-2-3-5-16(14)26-18/h2-8,11-12H,9-10H2,1H3,(H,20,22). The molecular formula is C18H17N7O. The van der Waals surface area contributed by atoms with Gasteiger partial charge in [0.25, 0.3) is 6.01 Å². The predicted octanol–water partition coefficient (Wildman–Crippen LogP) is 2.70. The Bertz CT molecular complexity index is 1010. The Kier molecular flexibility index (Phi) is 3.34. The summed E-state index contributed by atoms with van der Waals surface area (Å²) < 4.78 is 7.54. The minimum absolute atomic E-state index is 0.338. The van der Waals surface area contributed by atoms with E-state index in [0.29, 0.717) is 17.8 Å². The lowest BCUT2D eigenvalue weighted by atomic mass is 9.97. The molecule has 0 saturated carbocycles. The minimum Gasteiger partial charge on any atom is -0.423 e. The zero-order valence-electron chi connectivity index (χ0n) is 14.2. The molecule has 8 heteroatoms. The van der Waals surface area contributed by atoms with Gasteiger partial charge in [0, 0.05) is 32.3 Å². The molecule has 1 N–H and O–H groups in total. The molecule has 26 heavy (non-hydrogen) atoms. The molecule has 0 atom stereocenters. The molecule has 0 radical (unpaired) electrons. The molecule has 4 heterocycles. The van der Waals surface area contributed by atoms with E-state index in [9.17, 15) is 0 Å². The van der Waals surface area contributed by atoms with E-state index in [-0.39, 0.29) is 0 Å². The maximum atomic E-state index is 5.80. The number of fused-ring (bicyclic) bond motifs is 1. The summed E-state index contributed by atoms with van der Waals surface area (Å²) in [5.41, 5.74) is 3.57. The van der Waals surface area contributed by atoms with E-state index in [1.165, 1.54) is 0 Å². The predicted molar refractivity (Wildman–Crippen MR) is 97.5 cm³/mol. The summed E-state index contributed by atoms with van der Waals surface area (Å²) in [4.78, 5) is 15.6. The number of aryl methyl sites for hydroxylation is 1. The molecule has 0 amide bonds. The van der Waals surface area contributed by atoms with Gasteiger partial charge in [0.2, 0.25) is 0 Å². The maximum absolute atomic E-state index is 5.80. The summed E-state index contributed by atoms with van der Waals surface area (Å²) in [5.74, 6) is 1.04. The first-order valence-corrected chi connectivity index (χ1v) is 8.43. The van der Waals surface area contributed by atoms with E-state index in [4.69, 9.17) is 4.42 Å². The summed E-state index contributed by atoms with van der Waals surface area (Å²) in [7, 11) is 1.87. The average Bonchev–Trinajstić information content (AvgIpc) is 3.21. The van der Waals surface area contributed by atoms with Crippen molar-refractivity contribution in [1.29, 1.82) is 0 Å². The Morgan fingerprint density at radius 2 is 2.00 bits per heavy atom. The van der Waals surface area contributed by atoms with Gasteiger partial charge in [-0.15, -0.1) is 0 Å². The van der Waals surface area contributed by atoms with E-state index in [1.54, 1.807) is 17.1 Å². The first-order valence-electron chi connectivity index (χ1n) is 8.43. The third-order valence-corrected chi connectivity index (χ3v) is 4.50. The molecular weight excluding hydrogens is 330 g/mol. The van der Waals surface area contributed by atoms with Crippen molar-refractivity contribution in [2.45, 2.75) is 5.92 Å². The lowest BCUT2D eigenvalue weighted by Gasteiger charge is -2.37. The van der Waals surface area contributed by atoms with Gasteiger partial charge < -0.3 is 14.6 Å². The van der Waals surface area contributed by atoms with Crippen molar-refractivity contribution in [3.8, 4) is 0 Å². The SMILES string of the molecule is Cn1cc(Nc2cnc(C3CN(c4nc5ccccc5o4)C3)cn2)cn1. The van der Waals surface area contributed by atoms with Gasteiger partial charge in [-0.05, 0) is 12.1 Å². The number of rotatable bonds is 4. The van der Waals surface area contributed by atoms with Crippen LogP contribution in [0.1, 0.15) is 11.6 Å². The quantitative estimate of drug-likeness (QED) is 0.607. The van der Waals surface area contributed by atoms with Gasteiger partial charge in [-0.3, -0.25) is 9.67 Å². The van der Waals surface area contributed by atoms with Gasteiger partial charge in [-0.1, -0.05) is 12.1 Å². The van der Waals surface area contributed by atoms with Crippen LogP contribution < -0.4 is 10.2 Å². The number of para-hydroxylation sites is 2. The molecule has 0 aliphatic carbocycles. The van der Waals surface area contributed by atoms with E-state index >= 15 is 0 Å². The number of benzene rings is 1. The maximum Gasteiger partial charge on any atom is 0.298 e. The van der Waals surface area contributed by atoms with Crippen LogP contribution in [0.3, 0.4) is 0 Å². The lowest BCUT2D eigenvalue weighted by molar-refractivity contribution is 0.455. The van der Waals surface area contributed by atoms with Gasteiger partial charge in [0.1, 0.15) is 11.3 Å². The van der Waals surface area contributed by atoms with Crippen LogP contribution in [0.5, 0.6) is 0 Å². The number of oxazole rings is 1. The van der Waals surface area contributed by atoms with Crippen LogP contribution in [0.15, 0.2) is 53.5 Å². The minimum atomic E-state index is 0.338. The molecule has 1 aliphatic heterocycles. The normalized spacial score (nSPS) is 14.6. The van der Waals surface area contributed by atoms with Crippen molar-refractivity contribution in [1.82, 2.24) is 24.7 Å². The smallest absolute Gasteiger partial charge is 0.298 e. The van der Waals surface area contributed by atoms with Crippen molar-refractivity contribution in [2.24, 2.45) is 7.05 Å². The van der Waals surface area contributed by atoms with Crippen LogP contribution in [0.2, 0.25) is 0 Å². The molecule has 5 rings (SSSR count). The Morgan fingerprint density at radius 1 is 1.12 bits per heavy atom. The van der Waals surface area contributed by atoms with Gasteiger partial charge >= 0.3 is 0 Å². The van der Waals surface area contributed by atoms with E-state index < -0.39 is 0 Å². The summed E-state index contributed by atoms with van der Waals surface area (Å²) in [6.45, 7) is 1.66. The van der Waals surface area contributed by atoms with Gasteiger partial charge in [-0.25, -0.2) is 4.98 Å². The van der Waals surface area contributed by atoms with Crippen molar-refractivity contribution in [2.75, 3.05) is 23.3 Å². The Hall–Kier alpha value is -3.42. The molecule has 0 bridgehead atoms. The Morgan fingerprint density at radius 3 is 2.73 bits per heavy atom. The third-order valence-electron chi connectivity index (χ3n) is 4.50. The fourth-order valence-corrected chi connectivity index (χ4v) is 3.06. The van der Waals surface area contributed by atoms with Crippen LogP contribution in [-0.2, 0) is 7.05 Å². The number of nitrogens with zero attached hydrogens (tertiary/aromatic N) is 6. The molecule has 1 saturated heterocycles. The highest BCUT2D eigenvalue weighted by molar-refractivity contribution is 5.74. The number of hydrogen-bond donors (Lipinski definition) is 1. The largest absolute Gasteiger partial charge is 0.423 e. The third kappa shape index (κ3) is 2.65. The van der Waals surface area contributed by atoms with Crippen LogP contribution >= 0.6 is 0 Å². The molecule has 1 aromatic carbocycles. The van der Waals surface area contributed by atoms with E-state index in [2.05, 4.69) is 30.3 Å². The van der Waals surface area contributed by atoms with Crippen LogP contribution in [-0.4, -0.2) is 37.8 Å². The topological polar surface area (TPSA) is 84.9 Å². The van der Waals surface area contributed by atoms with Crippen molar-refractivity contribution in [3.63, 3.8) is 0 Å². The summed E-state index contributed by atoms with van der Waals surface area (Å²) >= 11 is 0. The Balaban J connectivity index is 1.24. The van der Waals surface area contributed by atoms with Crippen molar-refractivity contribution >= 4 is 28.6 Å². The van der Waals surface area contributed by atoms with Gasteiger partial charge in [0.05, 0.1) is 30.0 Å². The lowest BCUT2D eigenvalue weighted by Crippen LogP contribution is -2.45. The molecule has 1 fully saturated rings. The highest BCUT2D eigenvalue weighted by Crippen LogP contribution is 2.32. The van der Waals surface area contributed by atoms with E-state index in [0.717, 1.165) is 35.6 Å². The number of hydrogen-bond acceptors (Lipinski definition) is 7. The fourth-order valence-electron chi connectivity index (χ4n) is 3.06. The zero-order valence-corrected chi connectivity index (χ0v) is 14.2. The summed E-state index contributed by atoms with van der Waals surface area (Å²) in [6, 6.07) is 8.48. The number of aromatic nitrogens is 5. The average molecular weight is 347 g/mol. The van der Waals surface area contributed by atoms with Crippen LogP contribution in [0, 0.1) is 0 Å². The zero-order chi connectivity index (χ0) is 17.5. The molecule has 0 unspecified atom stereocenters. The van der Waals surface area contributed by atoms with Crippen LogP contribution in [0.4, 0.5) is 17.5 Å². The van der Waals surface area contributed by atoms with Crippen molar-refractivity contribution in [3.05, 3.63) is 54.7 Å². The molecule has 1 aliphatic rings. The monoisotopic (exact) mass is 347 g/mol. The molecule has 0 spiro atoms. The number of anilines is 3. The fraction of sp³-hybridized carbons (Fsp3) is 0.222. The van der Waals surface area contributed by atoms with Gasteiger partial charge in [-0.2, -0.15) is 10.1 Å². The van der Waals surface area contributed by atoms with Gasteiger partial charge in [0.15, 0.2) is 5.58 Å². The molecule has 8 nitrogen and oxygen atoms in total. The first kappa shape index (κ1) is 14.9. The molecule has 130 valence electrons. The second-order valence-corrected chi connectivity index (χ2v) is 6.42. The summed E-state index contributed by atoms with van der Waals surface area (Å²) in [6.07, 6.45) is 7.22. The summed E-state index contributed by atoms with van der Waals surface area (Å²) in [5, 5.41) is 7.30. The highest BCUT2D eigenvalue weighted by atomic mass is 16.4.